The van der Waals surface area contributed by atoms with Gasteiger partial charge in [0.15, 0.2) is 6.10 Å². The molecule has 0 aromatic heterocycles. The minimum atomic E-state index is -0.826. The second kappa shape index (κ2) is 40.1. The summed E-state index contributed by atoms with van der Waals surface area (Å²) >= 11 is 0. The maximum Gasteiger partial charge on any atom is 0.309 e. The number of rotatable bonds is 34. The molecule has 0 spiro atoms. The topological polar surface area (TPSA) is 78.9 Å². The Hall–Kier alpha value is -3.67. The van der Waals surface area contributed by atoms with Gasteiger partial charge in [-0.25, -0.2) is 0 Å². The third-order valence-corrected chi connectivity index (χ3v) is 7.91. The molecule has 0 amide bonds. The van der Waals surface area contributed by atoms with E-state index in [0.717, 1.165) is 116 Å². The van der Waals surface area contributed by atoms with Gasteiger partial charge in [0.05, 0.1) is 6.42 Å². The van der Waals surface area contributed by atoms with E-state index in [9.17, 15) is 14.4 Å². The van der Waals surface area contributed by atoms with E-state index in [4.69, 9.17) is 14.2 Å². The number of esters is 3. The van der Waals surface area contributed by atoms with Crippen LogP contribution in [0.25, 0.3) is 0 Å². The minimum Gasteiger partial charge on any atom is -0.462 e. The predicted octanol–water partition coefficient (Wildman–Crippen LogP) is 12.7. The normalized spacial score (nSPS) is 13.1. The standard InChI is InChI=1S/C46H72O6/c1-4-7-10-13-16-19-21-23-25-27-30-33-36-39-45(48)51-42-43(41-50-44(47)38-35-32-29-26-18-15-12-9-6-3)52-46(49)40-37-34-31-28-24-22-20-17-14-11-8-5-2/h7-13,16-21,26,32,35,43H,4-6,14-15,22-25,27-31,33-34,36-42H2,1-3H3/b10-7-,11-8-,12-9-,16-13-,20-17-,21-19-,26-18-,35-32-. The van der Waals surface area contributed by atoms with E-state index in [1.54, 1.807) is 6.08 Å². The Morgan fingerprint density at radius 2 is 0.865 bits per heavy atom. The van der Waals surface area contributed by atoms with Crippen LogP contribution in [0.2, 0.25) is 0 Å². The fraction of sp³-hybridized carbons (Fsp3) is 0.587. The van der Waals surface area contributed by atoms with Crippen molar-refractivity contribution in [1.29, 1.82) is 0 Å². The minimum absolute atomic E-state index is 0.123. The van der Waals surface area contributed by atoms with Crippen LogP contribution in [0.3, 0.4) is 0 Å². The fourth-order valence-electron chi connectivity index (χ4n) is 4.95. The summed E-state index contributed by atoms with van der Waals surface area (Å²) in [4.78, 5) is 37.5. The molecule has 0 fully saturated rings. The van der Waals surface area contributed by atoms with Crippen LogP contribution >= 0.6 is 0 Å². The maximum atomic E-state index is 12.6. The van der Waals surface area contributed by atoms with Crippen LogP contribution in [0.4, 0.5) is 0 Å². The van der Waals surface area contributed by atoms with E-state index in [1.807, 2.05) is 12.2 Å². The first-order chi connectivity index (χ1) is 25.5. The summed E-state index contributed by atoms with van der Waals surface area (Å²) in [6.45, 7) is 6.10. The van der Waals surface area contributed by atoms with Crippen molar-refractivity contribution >= 4 is 17.9 Å². The van der Waals surface area contributed by atoms with E-state index in [-0.39, 0.29) is 38.0 Å². The van der Waals surface area contributed by atoms with Crippen molar-refractivity contribution in [2.45, 2.75) is 162 Å². The quantitative estimate of drug-likeness (QED) is 0.0216. The molecule has 1 unspecified atom stereocenters. The summed E-state index contributed by atoms with van der Waals surface area (Å²) in [5.74, 6) is -1.10. The Bertz CT molecular complexity index is 1100. The molecule has 0 radical (unpaired) electrons. The molecular formula is C46H72O6. The van der Waals surface area contributed by atoms with E-state index in [1.165, 1.54) is 0 Å². The van der Waals surface area contributed by atoms with Gasteiger partial charge >= 0.3 is 17.9 Å². The van der Waals surface area contributed by atoms with Crippen LogP contribution in [0.15, 0.2) is 97.2 Å². The van der Waals surface area contributed by atoms with Gasteiger partial charge in [-0.05, 0) is 77.0 Å². The number of ether oxygens (including phenoxy) is 3. The third kappa shape index (κ3) is 37.6. The largest absolute Gasteiger partial charge is 0.462 e. The van der Waals surface area contributed by atoms with Gasteiger partial charge in [-0.15, -0.1) is 0 Å². The summed E-state index contributed by atoms with van der Waals surface area (Å²) < 4.78 is 16.5. The van der Waals surface area contributed by atoms with Gasteiger partial charge in [0.1, 0.15) is 13.2 Å². The molecule has 0 aromatic carbocycles. The second-order valence-corrected chi connectivity index (χ2v) is 12.8. The van der Waals surface area contributed by atoms with Gasteiger partial charge in [0, 0.05) is 12.8 Å². The molecule has 292 valence electrons. The highest BCUT2D eigenvalue weighted by Gasteiger charge is 2.19. The summed E-state index contributed by atoms with van der Waals surface area (Å²) in [5.41, 5.74) is 0. The monoisotopic (exact) mass is 721 g/mol. The smallest absolute Gasteiger partial charge is 0.309 e. The van der Waals surface area contributed by atoms with Crippen molar-refractivity contribution in [2.24, 2.45) is 0 Å². The first kappa shape index (κ1) is 48.3. The van der Waals surface area contributed by atoms with Crippen molar-refractivity contribution in [3.63, 3.8) is 0 Å². The van der Waals surface area contributed by atoms with E-state index < -0.39 is 12.1 Å². The first-order valence-corrected chi connectivity index (χ1v) is 20.3. The Balaban J connectivity index is 4.53. The molecule has 0 rings (SSSR count). The second-order valence-electron chi connectivity index (χ2n) is 12.8. The van der Waals surface area contributed by atoms with Gasteiger partial charge < -0.3 is 14.2 Å². The highest BCUT2D eigenvalue weighted by atomic mass is 16.6. The molecule has 0 saturated heterocycles. The van der Waals surface area contributed by atoms with Crippen LogP contribution < -0.4 is 0 Å². The molecule has 0 heterocycles. The lowest BCUT2D eigenvalue weighted by molar-refractivity contribution is -0.166. The SMILES string of the molecule is CC\C=C/C=C\C=C/CCCCCCCC(=O)OCC(COC(=O)C/C=C\C/C=C\C/C=C\CC)OC(=O)CCCCCCC/C=C\C/C=C\CC. The van der Waals surface area contributed by atoms with Crippen molar-refractivity contribution < 1.29 is 28.6 Å². The number of unbranched alkanes of at least 4 members (excludes halogenated alkanes) is 10. The molecule has 0 aliphatic carbocycles. The van der Waals surface area contributed by atoms with Crippen molar-refractivity contribution in [3.05, 3.63) is 97.2 Å². The van der Waals surface area contributed by atoms with Gasteiger partial charge in [-0.3, -0.25) is 14.4 Å². The molecule has 0 N–H and O–H groups in total. The summed E-state index contributed by atoms with van der Waals surface area (Å²) in [6, 6.07) is 0. The zero-order chi connectivity index (χ0) is 38.0. The zero-order valence-corrected chi connectivity index (χ0v) is 33.0. The average molecular weight is 721 g/mol. The lowest BCUT2D eigenvalue weighted by Gasteiger charge is -2.18. The zero-order valence-electron chi connectivity index (χ0n) is 33.0. The van der Waals surface area contributed by atoms with Crippen LogP contribution in [0.5, 0.6) is 0 Å². The summed E-state index contributed by atoms with van der Waals surface area (Å²) in [6.07, 6.45) is 51.4. The number of carbonyl (C=O) groups excluding carboxylic acids is 3. The predicted molar refractivity (Wildman–Crippen MR) is 219 cm³/mol. The third-order valence-electron chi connectivity index (χ3n) is 7.91. The fourth-order valence-corrected chi connectivity index (χ4v) is 4.95. The summed E-state index contributed by atoms with van der Waals surface area (Å²) in [7, 11) is 0. The molecule has 1 atom stereocenters. The van der Waals surface area contributed by atoms with Crippen molar-refractivity contribution in [1.82, 2.24) is 0 Å². The van der Waals surface area contributed by atoms with Gasteiger partial charge in [-0.2, -0.15) is 0 Å². The van der Waals surface area contributed by atoms with Crippen molar-refractivity contribution in [2.75, 3.05) is 13.2 Å². The Morgan fingerprint density at radius 1 is 0.423 bits per heavy atom. The van der Waals surface area contributed by atoms with Crippen molar-refractivity contribution in [3.8, 4) is 0 Å². The van der Waals surface area contributed by atoms with E-state index in [2.05, 4.69) is 99.8 Å². The Morgan fingerprint density at radius 3 is 1.46 bits per heavy atom. The highest BCUT2D eigenvalue weighted by molar-refractivity contribution is 5.72. The Labute approximate surface area is 317 Å². The van der Waals surface area contributed by atoms with Gasteiger partial charge in [0.2, 0.25) is 0 Å². The van der Waals surface area contributed by atoms with Crippen LogP contribution in [0, 0.1) is 0 Å². The van der Waals surface area contributed by atoms with Crippen LogP contribution in [0.1, 0.15) is 156 Å². The van der Waals surface area contributed by atoms with Gasteiger partial charge in [-0.1, -0.05) is 157 Å². The molecule has 0 aromatic rings. The number of hydrogen-bond acceptors (Lipinski definition) is 6. The first-order valence-electron chi connectivity index (χ1n) is 20.3. The average Bonchev–Trinajstić information content (AvgIpc) is 3.14. The highest BCUT2D eigenvalue weighted by Crippen LogP contribution is 2.11. The molecule has 0 saturated carbocycles. The van der Waals surface area contributed by atoms with E-state index >= 15 is 0 Å². The maximum absolute atomic E-state index is 12.6. The van der Waals surface area contributed by atoms with Gasteiger partial charge in [0.25, 0.3) is 0 Å². The lowest BCUT2D eigenvalue weighted by Crippen LogP contribution is -2.30. The molecular weight excluding hydrogens is 648 g/mol. The summed E-state index contributed by atoms with van der Waals surface area (Å²) in [5, 5.41) is 0. The van der Waals surface area contributed by atoms with Crippen LogP contribution in [-0.4, -0.2) is 37.2 Å². The molecule has 6 heteroatoms. The lowest BCUT2D eigenvalue weighted by atomic mass is 10.1. The number of hydrogen-bond donors (Lipinski definition) is 0. The Kier molecular flexibility index (Phi) is 37.3. The van der Waals surface area contributed by atoms with E-state index in [0.29, 0.717) is 6.42 Å². The number of carbonyl (C=O) groups is 3. The van der Waals surface area contributed by atoms with Crippen LogP contribution in [-0.2, 0) is 28.6 Å². The molecule has 6 nitrogen and oxygen atoms in total. The number of allylic oxidation sites excluding steroid dienone is 15. The molecule has 0 aliphatic heterocycles. The molecule has 52 heavy (non-hydrogen) atoms. The molecule has 0 aliphatic rings. The molecule has 0 bridgehead atoms.